The molecule has 19 heavy (non-hydrogen) atoms. The number of rotatable bonds is 5. The smallest absolute Gasteiger partial charge is 0.321 e. The summed E-state index contributed by atoms with van der Waals surface area (Å²) in [6, 6.07) is 2.77. The van der Waals surface area contributed by atoms with Crippen molar-refractivity contribution in [1.82, 2.24) is 4.90 Å². The molecule has 0 fully saturated rings. The molecule has 106 valence electrons. The predicted molar refractivity (Wildman–Crippen MR) is 73.3 cm³/mol. The summed E-state index contributed by atoms with van der Waals surface area (Å²) >= 11 is 6.00. The van der Waals surface area contributed by atoms with Crippen molar-refractivity contribution in [2.75, 3.05) is 39.7 Å². The van der Waals surface area contributed by atoms with Crippen molar-refractivity contribution in [2.45, 2.75) is 0 Å². The highest BCUT2D eigenvalue weighted by molar-refractivity contribution is 6.32. The second kappa shape index (κ2) is 7.06. The first-order chi connectivity index (χ1) is 9.03. The van der Waals surface area contributed by atoms with E-state index in [1.165, 1.54) is 19.1 Å². The van der Waals surface area contributed by atoms with Crippen LogP contribution in [0.5, 0.6) is 11.5 Å². The lowest BCUT2D eigenvalue weighted by molar-refractivity contribution is 0.202. The number of urea groups is 1. The highest BCUT2D eigenvalue weighted by Gasteiger charge is 2.14. The number of carbonyl (C=O) groups is 1. The molecular formula is C12H17ClN2O4. The third-order valence-electron chi connectivity index (χ3n) is 2.50. The topological polar surface area (TPSA) is 71.0 Å². The van der Waals surface area contributed by atoms with Crippen LogP contribution in [0.3, 0.4) is 0 Å². The zero-order valence-corrected chi connectivity index (χ0v) is 11.8. The first-order valence-corrected chi connectivity index (χ1v) is 5.95. The van der Waals surface area contributed by atoms with Crippen LogP contribution in [0.25, 0.3) is 0 Å². The Labute approximate surface area is 116 Å². The number of carbonyl (C=O) groups excluding carboxylic acids is 1. The number of anilines is 1. The van der Waals surface area contributed by atoms with Crippen LogP contribution < -0.4 is 14.8 Å². The maximum absolute atomic E-state index is 11.8. The molecular weight excluding hydrogens is 272 g/mol. The SMILES string of the molecule is COc1cc(OC)c(NC(=O)N(C)CCO)cc1Cl. The lowest BCUT2D eigenvalue weighted by atomic mass is 10.2. The Morgan fingerprint density at radius 1 is 1.37 bits per heavy atom. The molecule has 1 rings (SSSR count). The van der Waals surface area contributed by atoms with Crippen molar-refractivity contribution < 1.29 is 19.4 Å². The van der Waals surface area contributed by atoms with Gasteiger partial charge >= 0.3 is 6.03 Å². The molecule has 7 heteroatoms. The van der Waals surface area contributed by atoms with E-state index < -0.39 is 0 Å². The number of aliphatic hydroxyl groups is 1. The van der Waals surface area contributed by atoms with Gasteiger partial charge in [-0.25, -0.2) is 4.79 Å². The van der Waals surface area contributed by atoms with Gasteiger partial charge in [-0.15, -0.1) is 0 Å². The number of nitrogens with one attached hydrogen (secondary N) is 1. The fourth-order valence-electron chi connectivity index (χ4n) is 1.42. The standard InChI is InChI=1S/C12H17ClN2O4/c1-15(4-5-16)12(17)14-9-6-8(13)10(18-2)7-11(9)19-3/h6-7,16H,4-5H2,1-3H3,(H,14,17). The zero-order valence-electron chi connectivity index (χ0n) is 11.1. The van der Waals surface area contributed by atoms with E-state index in [4.69, 9.17) is 26.2 Å². The second-order valence-corrected chi connectivity index (χ2v) is 4.17. The summed E-state index contributed by atoms with van der Waals surface area (Å²) in [5.74, 6) is 0.896. The molecule has 2 N–H and O–H groups in total. The molecule has 0 aromatic heterocycles. The maximum atomic E-state index is 11.8. The zero-order chi connectivity index (χ0) is 14.4. The number of hydrogen-bond acceptors (Lipinski definition) is 4. The summed E-state index contributed by atoms with van der Waals surface area (Å²) in [5.41, 5.74) is 0.433. The molecule has 0 bridgehead atoms. The van der Waals surface area contributed by atoms with Gasteiger partial charge in [0.15, 0.2) is 0 Å². The summed E-state index contributed by atoms with van der Waals surface area (Å²) < 4.78 is 10.2. The number of aliphatic hydroxyl groups excluding tert-OH is 1. The average molecular weight is 289 g/mol. The van der Waals surface area contributed by atoms with E-state index in [1.54, 1.807) is 19.2 Å². The molecule has 0 saturated heterocycles. The van der Waals surface area contributed by atoms with Gasteiger partial charge in [-0.2, -0.15) is 0 Å². The minimum Gasteiger partial charge on any atom is -0.495 e. The fourth-order valence-corrected chi connectivity index (χ4v) is 1.66. The average Bonchev–Trinajstić information content (AvgIpc) is 2.39. The van der Waals surface area contributed by atoms with E-state index >= 15 is 0 Å². The van der Waals surface area contributed by atoms with E-state index in [0.717, 1.165) is 0 Å². The number of ether oxygens (including phenoxy) is 2. The van der Waals surface area contributed by atoms with Crippen molar-refractivity contribution in [3.63, 3.8) is 0 Å². The Morgan fingerprint density at radius 3 is 2.53 bits per heavy atom. The number of nitrogens with zero attached hydrogens (tertiary/aromatic N) is 1. The third-order valence-corrected chi connectivity index (χ3v) is 2.79. The van der Waals surface area contributed by atoms with Gasteiger partial charge in [0, 0.05) is 19.7 Å². The van der Waals surface area contributed by atoms with Crippen LogP contribution >= 0.6 is 11.6 Å². The van der Waals surface area contributed by atoms with Crippen LogP contribution in [-0.4, -0.2) is 50.5 Å². The predicted octanol–water partition coefficient (Wildman–Crippen LogP) is 1.81. The Bertz CT molecular complexity index is 454. The van der Waals surface area contributed by atoms with Crippen LogP contribution in [0.1, 0.15) is 0 Å². The van der Waals surface area contributed by atoms with Gasteiger partial charge in [0.2, 0.25) is 0 Å². The van der Waals surface area contributed by atoms with E-state index in [2.05, 4.69) is 5.32 Å². The molecule has 0 aliphatic rings. The first kappa shape index (κ1) is 15.4. The largest absolute Gasteiger partial charge is 0.495 e. The Hall–Kier alpha value is -1.66. The molecule has 0 aliphatic heterocycles. The lowest BCUT2D eigenvalue weighted by Gasteiger charge is -2.18. The van der Waals surface area contributed by atoms with Crippen LogP contribution in [-0.2, 0) is 0 Å². The molecule has 0 heterocycles. The minimum absolute atomic E-state index is 0.107. The van der Waals surface area contributed by atoms with E-state index in [-0.39, 0.29) is 19.2 Å². The number of hydrogen-bond donors (Lipinski definition) is 2. The molecule has 0 saturated carbocycles. The van der Waals surface area contributed by atoms with Crippen molar-refractivity contribution in [3.8, 4) is 11.5 Å². The monoisotopic (exact) mass is 288 g/mol. The molecule has 0 spiro atoms. The van der Waals surface area contributed by atoms with E-state index in [9.17, 15) is 4.79 Å². The van der Waals surface area contributed by atoms with Crippen LogP contribution in [0.4, 0.5) is 10.5 Å². The summed E-state index contributed by atoms with van der Waals surface area (Å²) in [4.78, 5) is 13.2. The quantitative estimate of drug-likeness (QED) is 0.867. The molecule has 1 aromatic rings. The maximum Gasteiger partial charge on any atom is 0.321 e. The second-order valence-electron chi connectivity index (χ2n) is 3.76. The van der Waals surface area contributed by atoms with Crippen LogP contribution in [0.15, 0.2) is 12.1 Å². The van der Waals surface area contributed by atoms with Gasteiger partial charge in [-0.05, 0) is 6.07 Å². The molecule has 6 nitrogen and oxygen atoms in total. The molecule has 0 atom stereocenters. The molecule has 0 unspecified atom stereocenters. The van der Waals surface area contributed by atoms with Gasteiger partial charge in [0.1, 0.15) is 11.5 Å². The summed E-state index contributed by atoms with van der Waals surface area (Å²) in [5, 5.41) is 11.8. The number of likely N-dealkylation sites (N-methyl/N-ethyl adjacent to an activating group) is 1. The fraction of sp³-hybridized carbons (Fsp3) is 0.417. The van der Waals surface area contributed by atoms with Crippen molar-refractivity contribution in [2.24, 2.45) is 0 Å². The Kier molecular flexibility index (Phi) is 5.72. The summed E-state index contributed by atoms with van der Waals surface area (Å²) in [6.07, 6.45) is 0. The van der Waals surface area contributed by atoms with Gasteiger partial charge in [-0.1, -0.05) is 11.6 Å². The van der Waals surface area contributed by atoms with Crippen LogP contribution in [0.2, 0.25) is 5.02 Å². The van der Waals surface area contributed by atoms with Crippen molar-refractivity contribution in [1.29, 1.82) is 0 Å². The van der Waals surface area contributed by atoms with E-state index in [1.807, 2.05) is 0 Å². The summed E-state index contributed by atoms with van der Waals surface area (Å²) in [6.45, 7) is 0.127. The minimum atomic E-state index is -0.367. The van der Waals surface area contributed by atoms with Crippen molar-refractivity contribution >= 4 is 23.3 Å². The van der Waals surface area contributed by atoms with Crippen molar-refractivity contribution in [3.05, 3.63) is 17.2 Å². The van der Waals surface area contributed by atoms with Gasteiger partial charge in [0.25, 0.3) is 0 Å². The Morgan fingerprint density at radius 2 is 2.00 bits per heavy atom. The lowest BCUT2D eigenvalue weighted by Crippen LogP contribution is -2.33. The molecule has 0 aliphatic carbocycles. The first-order valence-electron chi connectivity index (χ1n) is 5.58. The number of benzene rings is 1. The number of methoxy groups -OCH3 is 2. The van der Waals surface area contributed by atoms with Crippen LogP contribution in [0, 0.1) is 0 Å². The normalized spacial score (nSPS) is 9.95. The molecule has 2 amide bonds. The Balaban J connectivity index is 2.94. The number of amides is 2. The highest BCUT2D eigenvalue weighted by Crippen LogP contribution is 2.35. The van der Waals surface area contributed by atoms with Gasteiger partial charge in [0.05, 0.1) is 31.5 Å². The molecule has 1 aromatic carbocycles. The molecule has 0 radical (unpaired) electrons. The third kappa shape index (κ3) is 3.90. The number of halogens is 1. The highest BCUT2D eigenvalue weighted by atomic mass is 35.5. The van der Waals surface area contributed by atoms with Gasteiger partial charge in [-0.3, -0.25) is 0 Å². The van der Waals surface area contributed by atoms with E-state index in [0.29, 0.717) is 22.2 Å². The summed E-state index contributed by atoms with van der Waals surface area (Å²) in [7, 11) is 4.55. The van der Waals surface area contributed by atoms with Gasteiger partial charge < -0.3 is 24.8 Å².